The number of fused-ring (bicyclic) bond motifs is 1. The minimum atomic E-state index is -0.552. The average Bonchev–Trinajstić information content (AvgIpc) is 3.73. The summed E-state index contributed by atoms with van der Waals surface area (Å²) in [5, 5.41) is 3.77. The van der Waals surface area contributed by atoms with Gasteiger partial charge >= 0.3 is 0 Å². The fourth-order valence-corrected chi connectivity index (χ4v) is 4.21. The summed E-state index contributed by atoms with van der Waals surface area (Å²) in [4.78, 5) is 45.6. The maximum atomic E-state index is 13.4. The molecular weight excluding hydrogens is 440 g/mol. The first kappa shape index (κ1) is 22.5. The molecule has 0 unspecified atom stereocenters. The van der Waals surface area contributed by atoms with Gasteiger partial charge in [-0.3, -0.25) is 19.4 Å². The minimum Gasteiger partial charge on any atom is -0.349 e. The number of pyridine rings is 2. The molecular formula is C28H26N4O3. The standard InChI is InChI=1S/C28H26N4O3/c1-31(16-20-9-5-11-25-22(20)10-6-14-29-25)28(35)24-18-32(21-12-13-21)17-23(26(24)33)27(34)30-15-19-7-3-2-4-8-19/h2-11,14,17-18,21H,12-13,15-16H2,1H3,(H,30,34). The monoisotopic (exact) mass is 466 g/mol. The van der Waals surface area contributed by atoms with Crippen molar-refractivity contribution in [2.45, 2.75) is 32.0 Å². The van der Waals surface area contributed by atoms with Crippen LogP contribution in [0.4, 0.5) is 0 Å². The molecule has 7 heteroatoms. The topological polar surface area (TPSA) is 84.3 Å². The second kappa shape index (κ2) is 9.54. The Balaban J connectivity index is 1.42. The van der Waals surface area contributed by atoms with E-state index in [1.165, 1.54) is 4.90 Å². The molecule has 1 N–H and O–H groups in total. The molecule has 7 nitrogen and oxygen atoms in total. The van der Waals surface area contributed by atoms with Gasteiger partial charge in [0.2, 0.25) is 5.43 Å². The second-order valence-corrected chi connectivity index (χ2v) is 8.91. The van der Waals surface area contributed by atoms with E-state index in [4.69, 9.17) is 0 Å². The number of hydrogen-bond acceptors (Lipinski definition) is 4. The van der Waals surface area contributed by atoms with Gasteiger partial charge in [0, 0.05) is 50.2 Å². The highest BCUT2D eigenvalue weighted by atomic mass is 16.2. The molecule has 1 aliphatic rings. The van der Waals surface area contributed by atoms with Crippen molar-refractivity contribution < 1.29 is 9.59 Å². The Kier molecular flexibility index (Phi) is 6.14. The maximum absolute atomic E-state index is 13.4. The summed E-state index contributed by atoms with van der Waals surface area (Å²) in [7, 11) is 1.67. The van der Waals surface area contributed by atoms with Crippen molar-refractivity contribution in [2.75, 3.05) is 7.05 Å². The van der Waals surface area contributed by atoms with Crippen LogP contribution >= 0.6 is 0 Å². The number of carbonyl (C=O) groups excluding carboxylic acids is 2. The van der Waals surface area contributed by atoms with Gasteiger partial charge in [0.25, 0.3) is 11.8 Å². The molecule has 35 heavy (non-hydrogen) atoms. The predicted octanol–water partition coefficient (Wildman–Crippen LogP) is 3.93. The van der Waals surface area contributed by atoms with Crippen LogP contribution in [0, 0.1) is 0 Å². The van der Waals surface area contributed by atoms with E-state index in [1.54, 1.807) is 25.6 Å². The normalized spacial score (nSPS) is 12.9. The summed E-state index contributed by atoms with van der Waals surface area (Å²) in [6.45, 7) is 0.616. The molecule has 2 aromatic heterocycles. The van der Waals surface area contributed by atoms with Gasteiger partial charge in [-0.1, -0.05) is 48.5 Å². The van der Waals surface area contributed by atoms with E-state index in [2.05, 4.69) is 10.3 Å². The number of nitrogens with zero attached hydrogens (tertiary/aromatic N) is 3. The van der Waals surface area contributed by atoms with Crippen LogP contribution in [-0.4, -0.2) is 33.3 Å². The van der Waals surface area contributed by atoms with E-state index in [9.17, 15) is 14.4 Å². The molecule has 176 valence electrons. The summed E-state index contributed by atoms with van der Waals surface area (Å²) in [6.07, 6.45) is 6.82. The van der Waals surface area contributed by atoms with Crippen LogP contribution in [0.1, 0.15) is 50.7 Å². The zero-order chi connectivity index (χ0) is 24.4. The van der Waals surface area contributed by atoms with Gasteiger partial charge in [-0.05, 0) is 36.1 Å². The molecule has 0 atom stereocenters. The molecule has 1 fully saturated rings. The van der Waals surface area contributed by atoms with Crippen molar-refractivity contribution in [2.24, 2.45) is 0 Å². The van der Waals surface area contributed by atoms with Crippen LogP contribution in [0.2, 0.25) is 0 Å². The summed E-state index contributed by atoms with van der Waals surface area (Å²) in [6, 6.07) is 19.3. The third-order valence-electron chi connectivity index (χ3n) is 6.28. The lowest BCUT2D eigenvalue weighted by molar-refractivity contribution is 0.0783. The van der Waals surface area contributed by atoms with E-state index in [1.807, 2.05) is 65.2 Å². The fourth-order valence-electron chi connectivity index (χ4n) is 4.21. The lowest BCUT2D eigenvalue weighted by Crippen LogP contribution is -2.36. The predicted molar refractivity (Wildman–Crippen MR) is 134 cm³/mol. The molecule has 0 radical (unpaired) electrons. The number of rotatable bonds is 7. The number of amides is 2. The quantitative estimate of drug-likeness (QED) is 0.447. The highest BCUT2D eigenvalue weighted by Crippen LogP contribution is 2.34. The zero-order valence-electron chi connectivity index (χ0n) is 19.5. The van der Waals surface area contributed by atoms with Crippen LogP contribution in [0.15, 0.2) is 84.0 Å². The highest BCUT2D eigenvalue weighted by molar-refractivity contribution is 5.99. The number of carbonyl (C=O) groups is 2. The summed E-state index contributed by atoms with van der Waals surface area (Å²) in [5.41, 5.74) is 2.15. The highest BCUT2D eigenvalue weighted by Gasteiger charge is 2.28. The lowest BCUT2D eigenvalue weighted by Gasteiger charge is -2.19. The smallest absolute Gasteiger partial charge is 0.259 e. The van der Waals surface area contributed by atoms with Gasteiger partial charge in [0.1, 0.15) is 11.1 Å². The average molecular weight is 467 g/mol. The van der Waals surface area contributed by atoms with Crippen LogP contribution in [-0.2, 0) is 13.1 Å². The molecule has 5 rings (SSSR count). The molecule has 2 heterocycles. The van der Waals surface area contributed by atoms with Crippen molar-refractivity contribution in [3.63, 3.8) is 0 Å². The number of aromatic nitrogens is 2. The van der Waals surface area contributed by atoms with Gasteiger partial charge < -0.3 is 14.8 Å². The Morgan fingerprint density at radius 1 is 1.00 bits per heavy atom. The Morgan fingerprint density at radius 2 is 1.77 bits per heavy atom. The van der Waals surface area contributed by atoms with Crippen LogP contribution in [0.25, 0.3) is 10.9 Å². The van der Waals surface area contributed by atoms with Crippen molar-refractivity contribution in [1.82, 2.24) is 19.8 Å². The van der Waals surface area contributed by atoms with E-state index < -0.39 is 17.2 Å². The Morgan fingerprint density at radius 3 is 2.54 bits per heavy atom. The molecule has 1 aliphatic carbocycles. The van der Waals surface area contributed by atoms with Crippen LogP contribution in [0.5, 0.6) is 0 Å². The molecule has 1 saturated carbocycles. The van der Waals surface area contributed by atoms with Gasteiger partial charge in [0.05, 0.1) is 5.52 Å². The van der Waals surface area contributed by atoms with E-state index >= 15 is 0 Å². The molecule has 0 aliphatic heterocycles. The fraction of sp³-hybridized carbons (Fsp3) is 0.214. The first-order valence-electron chi connectivity index (χ1n) is 11.7. The van der Waals surface area contributed by atoms with Gasteiger partial charge in [0.15, 0.2) is 0 Å². The van der Waals surface area contributed by atoms with Crippen molar-refractivity contribution in [3.05, 3.63) is 112 Å². The molecule has 4 aromatic rings. The number of nitrogens with one attached hydrogen (secondary N) is 1. The Bertz CT molecular complexity index is 1450. The number of hydrogen-bond donors (Lipinski definition) is 1. The second-order valence-electron chi connectivity index (χ2n) is 8.91. The van der Waals surface area contributed by atoms with E-state index in [0.29, 0.717) is 13.1 Å². The van der Waals surface area contributed by atoms with Gasteiger partial charge in [-0.2, -0.15) is 0 Å². The molecule has 2 amide bonds. The summed E-state index contributed by atoms with van der Waals surface area (Å²) in [5.74, 6) is -0.895. The van der Waals surface area contributed by atoms with Gasteiger partial charge in [-0.15, -0.1) is 0 Å². The lowest BCUT2D eigenvalue weighted by atomic mass is 10.1. The van der Waals surface area contributed by atoms with E-state index in [0.717, 1.165) is 34.9 Å². The van der Waals surface area contributed by atoms with Crippen LogP contribution < -0.4 is 10.7 Å². The molecule has 0 saturated heterocycles. The molecule has 2 aromatic carbocycles. The van der Waals surface area contributed by atoms with E-state index in [-0.39, 0.29) is 17.2 Å². The largest absolute Gasteiger partial charge is 0.349 e. The Hall–Kier alpha value is -4.26. The first-order valence-corrected chi connectivity index (χ1v) is 11.7. The third-order valence-corrected chi connectivity index (χ3v) is 6.28. The molecule has 0 spiro atoms. The zero-order valence-corrected chi connectivity index (χ0v) is 19.5. The third kappa shape index (κ3) is 4.84. The first-order chi connectivity index (χ1) is 17.0. The summed E-state index contributed by atoms with van der Waals surface area (Å²) < 4.78 is 1.84. The van der Waals surface area contributed by atoms with Crippen molar-refractivity contribution in [1.29, 1.82) is 0 Å². The van der Waals surface area contributed by atoms with Crippen LogP contribution in [0.3, 0.4) is 0 Å². The maximum Gasteiger partial charge on any atom is 0.259 e. The summed E-state index contributed by atoms with van der Waals surface area (Å²) >= 11 is 0. The molecule has 0 bridgehead atoms. The number of benzene rings is 2. The van der Waals surface area contributed by atoms with Crippen molar-refractivity contribution >= 4 is 22.7 Å². The minimum absolute atomic E-state index is 0.00474. The van der Waals surface area contributed by atoms with Crippen molar-refractivity contribution in [3.8, 4) is 0 Å². The van der Waals surface area contributed by atoms with Gasteiger partial charge in [-0.25, -0.2) is 0 Å². The SMILES string of the molecule is CN(Cc1cccc2ncccc12)C(=O)c1cn(C2CC2)cc(C(=O)NCc2ccccc2)c1=O. The Labute approximate surface area is 203 Å².